The molecule has 0 radical (unpaired) electrons. The number of rotatable bonds is 7. The molecule has 2 aromatic rings. The number of carbonyl (C=O) groups excluding carboxylic acids is 2. The number of nitrogens with zero attached hydrogens (tertiary/aromatic N) is 2. The summed E-state index contributed by atoms with van der Waals surface area (Å²) in [6.45, 7) is 0.214. The van der Waals surface area contributed by atoms with Crippen molar-refractivity contribution in [3.05, 3.63) is 59.7 Å². The minimum Gasteiger partial charge on any atom is -0.482 e. The normalized spacial score (nSPS) is 16.4. The van der Waals surface area contributed by atoms with Gasteiger partial charge in [0.05, 0.1) is 4.90 Å². The molecular weight excluding hydrogens is 432 g/mol. The van der Waals surface area contributed by atoms with Gasteiger partial charge in [-0.05, 0) is 54.7 Å². The highest BCUT2D eigenvalue weighted by atomic mass is 32.2. The van der Waals surface area contributed by atoms with E-state index in [0.29, 0.717) is 5.75 Å². The molecular formula is C23H26N2O6S. The first-order chi connectivity index (χ1) is 15.4. The quantitative estimate of drug-likeness (QED) is 0.586. The Balaban J connectivity index is 1.20. The molecule has 170 valence electrons. The summed E-state index contributed by atoms with van der Waals surface area (Å²) in [5.41, 5.74) is 2.57. The van der Waals surface area contributed by atoms with E-state index in [4.69, 9.17) is 9.47 Å². The number of benzene rings is 2. The zero-order valence-corrected chi connectivity index (χ0v) is 18.6. The lowest BCUT2D eigenvalue weighted by atomic mass is 10.1. The first-order valence-corrected chi connectivity index (χ1v) is 12.1. The van der Waals surface area contributed by atoms with E-state index < -0.39 is 22.6 Å². The fourth-order valence-electron chi connectivity index (χ4n) is 3.97. The van der Waals surface area contributed by atoms with Crippen molar-refractivity contribution in [3.8, 4) is 5.75 Å². The van der Waals surface area contributed by atoms with Crippen LogP contribution in [0.5, 0.6) is 5.75 Å². The smallest absolute Gasteiger partial charge is 0.344 e. The van der Waals surface area contributed by atoms with Crippen LogP contribution in [0.25, 0.3) is 0 Å². The third-order valence-electron chi connectivity index (χ3n) is 5.76. The van der Waals surface area contributed by atoms with Crippen molar-refractivity contribution in [1.29, 1.82) is 0 Å². The van der Waals surface area contributed by atoms with Gasteiger partial charge in [-0.3, -0.25) is 4.79 Å². The van der Waals surface area contributed by atoms with Crippen LogP contribution in [0.3, 0.4) is 0 Å². The van der Waals surface area contributed by atoms with Crippen molar-refractivity contribution in [2.45, 2.75) is 24.2 Å². The number of aryl methyl sites for hydroxylation is 2. The van der Waals surface area contributed by atoms with Crippen LogP contribution in [0.1, 0.15) is 17.5 Å². The van der Waals surface area contributed by atoms with Gasteiger partial charge in [-0.2, -0.15) is 4.31 Å². The summed E-state index contributed by atoms with van der Waals surface area (Å²) in [5.74, 6) is -0.360. The molecule has 4 rings (SSSR count). The number of fused-ring (bicyclic) bond motifs is 1. The number of ether oxygens (including phenoxy) is 2. The number of amides is 1. The Morgan fingerprint density at radius 3 is 2.34 bits per heavy atom. The fraction of sp³-hybridized carbons (Fsp3) is 0.391. The molecule has 9 heteroatoms. The van der Waals surface area contributed by atoms with Gasteiger partial charge in [0.25, 0.3) is 5.91 Å². The third-order valence-corrected chi connectivity index (χ3v) is 7.67. The fourth-order valence-corrected chi connectivity index (χ4v) is 5.42. The van der Waals surface area contributed by atoms with Gasteiger partial charge in [-0.1, -0.05) is 24.3 Å². The molecule has 0 unspecified atom stereocenters. The molecule has 1 saturated heterocycles. The number of carbonyl (C=O) groups is 2. The average molecular weight is 459 g/mol. The Labute approximate surface area is 187 Å². The summed E-state index contributed by atoms with van der Waals surface area (Å²) in [6.07, 6.45) is 3.23. The monoisotopic (exact) mass is 458 g/mol. The van der Waals surface area contributed by atoms with Crippen molar-refractivity contribution < 1.29 is 27.5 Å². The van der Waals surface area contributed by atoms with Crippen LogP contribution in [-0.4, -0.2) is 68.9 Å². The predicted molar refractivity (Wildman–Crippen MR) is 117 cm³/mol. The summed E-state index contributed by atoms with van der Waals surface area (Å²) in [4.78, 5) is 26.1. The summed E-state index contributed by atoms with van der Waals surface area (Å²) in [5, 5.41) is 0. The molecule has 0 atom stereocenters. The van der Waals surface area contributed by atoms with E-state index in [0.717, 1.165) is 19.3 Å². The molecule has 1 fully saturated rings. The Hall–Kier alpha value is -2.91. The molecule has 8 nitrogen and oxygen atoms in total. The van der Waals surface area contributed by atoms with Crippen LogP contribution >= 0.6 is 0 Å². The van der Waals surface area contributed by atoms with Gasteiger partial charge >= 0.3 is 5.97 Å². The molecule has 2 aromatic carbocycles. The van der Waals surface area contributed by atoms with Gasteiger partial charge in [0.1, 0.15) is 5.75 Å². The van der Waals surface area contributed by atoms with E-state index in [1.165, 1.54) is 20.3 Å². The van der Waals surface area contributed by atoms with E-state index in [1.54, 1.807) is 30.3 Å². The molecule has 32 heavy (non-hydrogen) atoms. The lowest BCUT2D eigenvalue weighted by molar-refractivity contribution is -0.154. The van der Waals surface area contributed by atoms with Gasteiger partial charge in [-0.15, -0.1) is 0 Å². The molecule has 0 saturated carbocycles. The summed E-state index contributed by atoms with van der Waals surface area (Å²) in [6, 6.07) is 14.0. The number of esters is 1. The van der Waals surface area contributed by atoms with Crippen LogP contribution in [0, 0.1) is 0 Å². The van der Waals surface area contributed by atoms with Gasteiger partial charge in [0, 0.05) is 26.2 Å². The van der Waals surface area contributed by atoms with Crippen molar-refractivity contribution in [3.63, 3.8) is 0 Å². The van der Waals surface area contributed by atoms with Gasteiger partial charge in [0.2, 0.25) is 10.0 Å². The lowest BCUT2D eigenvalue weighted by Gasteiger charge is -2.33. The highest BCUT2D eigenvalue weighted by Gasteiger charge is 2.30. The minimum absolute atomic E-state index is 0.193. The van der Waals surface area contributed by atoms with Crippen molar-refractivity contribution in [2.24, 2.45) is 0 Å². The first-order valence-electron chi connectivity index (χ1n) is 10.7. The summed E-state index contributed by atoms with van der Waals surface area (Å²) in [7, 11) is -3.58. The molecule has 2 aliphatic rings. The van der Waals surface area contributed by atoms with E-state index in [-0.39, 0.29) is 43.6 Å². The second kappa shape index (κ2) is 9.70. The number of piperazine rings is 1. The Morgan fingerprint density at radius 2 is 1.59 bits per heavy atom. The summed E-state index contributed by atoms with van der Waals surface area (Å²) >= 11 is 0. The highest BCUT2D eigenvalue weighted by molar-refractivity contribution is 7.89. The standard InChI is InChI=1S/C23H26N2O6S/c26-22(16-31-23(27)17-30-20-10-9-18-5-4-6-19(18)15-20)24-11-13-25(14-12-24)32(28,29)21-7-2-1-3-8-21/h1-3,7-10,15H,4-6,11-14,16-17H2. The van der Waals surface area contributed by atoms with E-state index in [9.17, 15) is 18.0 Å². The maximum absolute atomic E-state index is 12.7. The number of hydrogen-bond acceptors (Lipinski definition) is 6. The molecule has 0 bridgehead atoms. The zero-order chi connectivity index (χ0) is 22.6. The molecule has 1 aliphatic heterocycles. The predicted octanol–water partition coefficient (Wildman–Crippen LogP) is 1.63. The van der Waals surface area contributed by atoms with Gasteiger partial charge < -0.3 is 14.4 Å². The minimum atomic E-state index is -3.58. The van der Waals surface area contributed by atoms with Gasteiger partial charge in [-0.25, -0.2) is 13.2 Å². The maximum Gasteiger partial charge on any atom is 0.344 e. The third kappa shape index (κ3) is 5.11. The van der Waals surface area contributed by atoms with Crippen LogP contribution in [0.2, 0.25) is 0 Å². The van der Waals surface area contributed by atoms with E-state index >= 15 is 0 Å². The number of sulfonamides is 1. The maximum atomic E-state index is 12.7. The topological polar surface area (TPSA) is 93.2 Å². The van der Waals surface area contributed by atoms with E-state index in [1.807, 2.05) is 18.2 Å². The number of hydrogen-bond donors (Lipinski definition) is 0. The van der Waals surface area contributed by atoms with Crippen molar-refractivity contribution in [1.82, 2.24) is 9.21 Å². The van der Waals surface area contributed by atoms with Crippen LogP contribution in [0.4, 0.5) is 0 Å². The largest absolute Gasteiger partial charge is 0.482 e. The van der Waals surface area contributed by atoms with Crippen LogP contribution in [-0.2, 0) is 37.2 Å². The first kappa shape index (κ1) is 22.3. The molecule has 0 spiro atoms. The van der Waals surface area contributed by atoms with Crippen molar-refractivity contribution >= 4 is 21.9 Å². The highest BCUT2D eigenvalue weighted by Crippen LogP contribution is 2.26. The van der Waals surface area contributed by atoms with Crippen LogP contribution < -0.4 is 4.74 Å². The molecule has 1 amide bonds. The van der Waals surface area contributed by atoms with Crippen molar-refractivity contribution in [2.75, 3.05) is 39.4 Å². The Kier molecular flexibility index (Phi) is 6.76. The molecule has 0 N–H and O–H groups in total. The molecule has 1 heterocycles. The molecule has 0 aromatic heterocycles. The summed E-state index contributed by atoms with van der Waals surface area (Å²) < 4.78 is 37.2. The van der Waals surface area contributed by atoms with Crippen LogP contribution in [0.15, 0.2) is 53.4 Å². The zero-order valence-electron chi connectivity index (χ0n) is 17.7. The molecule has 1 aliphatic carbocycles. The Morgan fingerprint density at radius 1 is 0.875 bits per heavy atom. The SMILES string of the molecule is O=C(COc1ccc2c(c1)CCC2)OCC(=O)N1CCN(S(=O)(=O)c2ccccc2)CC1. The second-order valence-corrected chi connectivity index (χ2v) is 9.77. The van der Waals surface area contributed by atoms with Gasteiger partial charge in [0.15, 0.2) is 13.2 Å². The Bertz CT molecular complexity index is 1080. The van der Waals surface area contributed by atoms with E-state index in [2.05, 4.69) is 0 Å². The average Bonchev–Trinajstić information content (AvgIpc) is 3.30. The second-order valence-electron chi connectivity index (χ2n) is 7.83. The lowest BCUT2D eigenvalue weighted by Crippen LogP contribution is -2.51.